The maximum absolute atomic E-state index is 8.82. The quantitative estimate of drug-likeness (QED) is 0.740. The van der Waals surface area contributed by atoms with E-state index in [9.17, 15) is 0 Å². The highest BCUT2D eigenvalue weighted by atomic mass is 15.2. The fourth-order valence-corrected chi connectivity index (χ4v) is 3.06. The lowest BCUT2D eigenvalue weighted by Crippen LogP contribution is -2.31. The first-order chi connectivity index (χ1) is 13.0. The van der Waals surface area contributed by atoms with Gasteiger partial charge in [-0.25, -0.2) is 9.97 Å². The van der Waals surface area contributed by atoms with Crippen LogP contribution in [0.2, 0.25) is 0 Å². The van der Waals surface area contributed by atoms with Gasteiger partial charge in [-0.05, 0) is 31.8 Å². The minimum Gasteiger partial charge on any atom is -0.383 e. The maximum atomic E-state index is 8.82. The molecule has 0 amide bonds. The molecule has 1 aliphatic heterocycles. The molecule has 0 bridgehead atoms. The zero-order chi connectivity index (χ0) is 19.3. The lowest BCUT2D eigenvalue weighted by atomic mass is 9.90. The van der Waals surface area contributed by atoms with E-state index < -0.39 is 0 Å². The largest absolute Gasteiger partial charge is 0.383 e. The summed E-state index contributed by atoms with van der Waals surface area (Å²) in [6, 6.07) is 3.92. The van der Waals surface area contributed by atoms with Gasteiger partial charge in [-0.2, -0.15) is 10.4 Å². The van der Waals surface area contributed by atoms with Gasteiger partial charge in [-0.3, -0.25) is 0 Å². The van der Waals surface area contributed by atoms with Gasteiger partial charge in [0.2, 0.25) is 0 Å². The summed E-state index contributed by atoms with van der Waals surface area (Å²) in [6.45, 7) is 9.48. The number of rotatable bonds is 5. The van der Waals surface area contributed by atoms with E-state index in [0.717, 1.165) is 31.0 Å². The molecule has 0 atom stereocenters. The van der Waals surface area contributed by atoms with E-state index in [0.29, 0.717) is 17.6 Å². The Morgan fingerprint density at radius 2 is 1.93 bits per heavy atom. The predicted molar refractivity (Wildman–Crippen MR) is 105 cm³/mol. The fourth-order valence-electron chi connectivity index (χ4n) is 3.06. The third-order valence-electron chi connectivity index (χ3n) is 4.57. The molecule has 0 radical (unpaired) electrons. The molecule has 1 aliphatic rings. The Kier molecular flexibility index (Phi) is 5.81. The maximum Gasteiger partial charge on any atom is 0.158 e. The summed E-state index contributed by atoms with van der Waals surface area (Å²) in [5, 5.41) is 27.7. The molecule has 0 saturated carbocycles. The van der Waals surface area contributed by atoms with Gasteiger partial charge in [-0.1, -0.05) is 20.8 Å². The Bertz CT molecular complexity index is 798. The Balaban J connectivity index is 1.77. The highest BCUT2D eigenvalue weighted by Crippen LogP contribution is 2.29. The van der Waals surface area contributed by atoms with Crippen molar-refractivity contribution >= 4 is 17.3 Å². The van der Waals surface area contributed by atoms with E-state index >= 15 is 0 Å². The summed E-state index contributed by atoms with van der Waals surface area (Å²) in [4.78, 5) is 8.19. The number of nitrogens with zero attached hydrogens (tertiary/aromatic N) is 5. The number of nitrogens with one attached hydrogen (secondary N) is 3. The Labute approximate surface area is 159 Å². The van der Waals surface area contributed by atoms with Gasteiger partial charge in [0.15, 0.2) is 11.5 Å². The number of anilines is 3. The van der Waals surface area contributed by atoms with Crippen LogP contribution in [0.4, 0.5) is 17.3 Å². The van der Waals surface area contributed by atoms with Crippen LogP contribution in [-0.2, 0) is 5.41 Å². The molecule has 2 aromatic rings. The molecular formula is C19H26N8. The van der Waals surface area contributed by atoms with Crippen molar-refractivity contribution in [1.82, 2.24) is 25.5 Å². The standard InChI is InChI=1S/C19H26N8/c1-19(2,3)18-15(23-10-13-4-6-21-7-5-13)8-16(26-27-18)25-17-12-22-14(9-20)11-24-17/h8,11-13,21H,4-7,10H2,1-3H3,(H2,23,24,25,26). The summed E-state index contributed by atoms with van der Waals surface area (Å²) < 4.78 is 0. The van der Waals surface area contributed by atoms with E-state index in [1.165, 1.54) is 25.2 Å². The summed E-state index contributed by atoms with van der Waals surface area (Å²) in [7, 11) is 0. The topological polar surface area (TPSA) is 111 Å². The molecule has 8 nitrogen and oxygen atoms in total. The first-order valence-corrected chi connectivity index (χ1v) is 9.27. The molecule has 0 spiro atoms. The zero-order valence-electron chi connectivity index (χ0n) is 16.1. The van der Waals surface area contributed by atoms with Crippen molar-refractivity contribution in [2.24, 2.45) is 5.92 Å². The molecule has 3 heterocycles. The van der Waals surface area contributed by atoms with Gasteiger partial charge >= 0.3 is 0 Å². The van der Waals surface area contributed by atoms with Crippen molar-refractivity contribution in [3.63, 3.8) is 0 Å². The molecule has 3 rings (SSSR count). The van der Waals surface area contributed by atoms with Gasteiger partial charge in [0.1, 0.15) is 11.9 Å². The van der Waals surface area contributed by atoms with Crippen LogP contribution in [0.3, 0.4) is 0 Å². The second kappa shape index (κ2) is 8.27. The molecule has 8 heteroatoms. The molecule has 1 saturated heterocycles. The van der Waals surface area contributed by atoms with Crippen molar-refractivity contribution in [3.05, 3.63) is 29.8 Å². The van der Waals surface area contributed by atoms with Crippen molar-refractivity contribution < 1.29 is 0 Å². The minimum atomic E-state index is -0.115. The van der Waals surface area contributed by atoms with Crippen LogP contribution in [0, 0.1) is 17.2 Å². The van der Waals surface area contributed by atoms with Crippen LogP contribution in [0.1, 0.15) is 45.0 Å². The molecule has 27 heavy (non-hydrogen) atoms. The summed E-state index contributed by atoms with van der Waals surface area (Å²) >= 11 is 0. The zero-order valence-corrected chi connectivity index (χ0v) is 16.1. The van der Waals surface area contributed by atoms with E-state index in [4.69, 9.17) is 5.26 Å². The normalized spacial score (nSPS) is 15.2. The SMILES string of the molecule is CC(C)(C)c1nnc(Nc2cnc(C#N)cn2)cc1NCC1CCNCC1. The van der Waals surface area contributed by atoms with Crippen LogP contribution in [-0.4, -0.2) is 39.8 Å². The number of aromatic nitrogens is 4. The van der Waals surface area contributed by atoms with Crippen LogP contribution in [0.15, 0.2) is 18.5 Å². The molecule has 0 unspecified atom stereocenters. The minimum absolute atomic E-state index is 0.115. The highest BCUT2D eigenvalue weighted by molar-refractivity contribution is 5.60. The number of piperidine rings is 1. The highest BCUT2D eigenvalue weighted by Gasteiger charge is 2.22. The van der Waals surface area contributed by atoms with E-state index in [1.54, 1.807) is 0 Å². The second-order valence-corrected chi connectivity index (χ2v) is 7.84. The predicted octanol–water partition coefficient (Wildman–Crippen LogP) is 2.59. The summed E-state index contributed by atoms with van der Waals surface area (Å²) in [5.41, 5.74) is 2.09. The van der Waals surface area contributed by atoms with Crippen LogP contribution in [0.25, 0.3) is 0 Å². The van der Waals surface area contributed by atoms with E-state index in [1.807, 2.05) is 12.1 Å². The van der Waals surface area contributed by atoms with Gasteiger partial charge in [0.05, 0.1) is 23.8 Å². The van der Waals surface area contributed by atoms with Gasteiger partial charge in [0.25, 0.3) is 0 Å². The first kappa shape index (κ1) is 19.0. The smallest absolute Gasteiger partial charge is 0.158 e. The fraction of sp³-hybridized carbons (Fsp3) is 0.526. The van der Waals surface area contributed by atoms with E-state index in [2.05, 4.69) is 56.9 Å². The molecule has 0 aromatic carbocycles. The third kappa shape index (κ3) is 5.11. The first-order valence-electron chi connectivity index (χ1n) is 9.27. The lowest BCUT2D eigenvalue weighted by molar-refractivity contribution is 0.389. The van der Waals surface area contributed by atoms with Gasteiger partial charge in [0, 0.05) is 18.0 Å². The Morgan fingerprint density at radius 1 is 1.15 bits per heavy atom. The monoisotopic (exact) mass is 366 g/mol. The summed E-state index contributed by atoms with van der Waals surface area (Å²) in [6.07, 6.45) is 5.31. The van der Waals surface area contributed by atoms with Crippen molar-refractivity contribution in [2.45, 2.75) is 39.0 Å². The van der Waals surface area contributed by atoms with E-state index in [-0.39, 0.29) is 11.1 Å². The second-order valence-electron chi connectivity index (χ2n) is 7.84. The average molecular weight is 366 g/mol. The van der Waals surface area contributed by atoms with Gasteiger partial charge < -0.3 is 16.0 Å². The Hall–Kier alpha value is -2.79. The van der Waals surface area contributed by atoms with Crippen molar-refractivity contribution in [2.75, 3.05) is 30.3 Å². The van der Waals surface area contributed by atoms with Gasteiger partial charge in [-0.15, -0.1) is 5.10 Å². The summed E-state index contributed by atoms with van der Waals surface area (Å²) in [5.74, 6) is 1.78. The lowest BCUT2D eigenvalue weighted by Gasteiger charge is -2.26. The molecule has 1 fully saturated rings. The molecule has 2 aromatic heterocycles. The van der Waals surface area contributed by atoms with Crippen molar-refractivity contribution in [1.29, 1.82) is 5.26 Å². The molecular weight excluding hydrogens is 340 g/mol. The molecule has 3 N–H and O–H groups in total. The average Bonchev–Trinajstić information content (AvgIpc) is 2.67. The van der Waals surface area contributed by atoms with Crippen LogP contribution < -0.4 is 16.0 Å². The van der Waals surface area contributed by atoms with Crippen LogP contribution >= 0.6 is 0 Å². The number of hydrogen-bond donors (Lipinski definition) is 3. The number of hydrogen-bond acceptors (Lipinski definition) is 8. The van der Waals surface area contributed by atoms with Crippen LogP contribution in [0.5, 0.6) is 0 Å². The van der Waals surface area contributed by atoms with Crippen molar-refractivity contribution in [3.8, 4) is 6.07 Å². The number of nitriles is 1. The Morgan fingerprint density at radius 3 is 2.56 bits per heavy atom. The third-order valence-corrected chi connectivity index (χ3v) is 4.57. The molecule has 0 aliphatic carbocycles. The molecule has 142 valence electrons.